The smallest absolute Gasteiger partial charge is 0.254 e. The van der Waals surface area contributed by atoms with Crippen LogP contribution in [0.5, 0.6) is 0 Å². The number of carbonyl (C=O) groups is 1. The summed E-state index contributed by atoms with van der Waals surface area (Å²) in [7, 11) is 0. The Kier molecular flexibility index (Phi) is 6.08. The van der Waals surface area contributed by atoms with E-state index in [2.05, 4.69) is 15.4 Å². The summed E-state index contributed by atoms with van der Waals surface area (Å²) in [5.74, 6) is -0.201. The van der Waals surface area contributed by atoms with E-state index in [1.165, 1.54) is 11.1 Å². The van der Waals surface area contributed by atoms with E-state index in [0.29, 0.717) is 28.2 Å². The monoisotopic (exact) mass is 414 g/mol. The van der Waals surface area contributed by atoms with Gasteiger partial charge in [0.05, 0.1) is 47.1 Å². The first-order valence-electron chi connectivity index (χ1n) is 9.94. The lowest BCUT2D eigenvalue weighted by Crippen LogP contribution is -3.14. The molecule has 4 rings (SSSR count). The number of amides is 1. The number of aryl methyl sites for hydroxylation is 1. The molecule has 3 aromatic rings. The van der Waals surface area contributed by atoms with Gasteiger partial charge in [0.15, 0.2) is 5.65 Å². The van der Waals surface area contributed by atoms with Gasteiger partial charge >= 0.3 is 0 Å². The van der Waals surface area contributed by atoms with Gasteiger partial charge in [-0.2, -0.15) is 5.10 Å². The van der Waals surface area contributed by atoms with Crippen LogP contribution < -0.4 is 10.2 Å². The number of hydrogen-bond acceptors (Lipinski definition) is 4. The van der Waals surface area contributed by atoms with Gasteiger partial charge in [-0.1, -0.05) is 29.8 Å². The van der Waals surface area contributed by atoms with Gasteiger partial charge in [0.2, 0.25) is 0 Å². The first-order valence-corrected chi connectivity index (χ1v) is 10.3. The van der Waals surface area contributed by atoms with Crippen LogP contribution in [0.4, 0.5) is 0 Å². The van der Waals surface area contributed by atoms with Crippen LogP contribution in [0.15, 0.2) is 36.5 Å². The molecule has 2 aromatic heterocycles. The third kappa shape index (κ3) is 4.27. The van der Waals surface area contributed by atoms with Crippen molar-refractivity contribution in [2.75, 3.05) is 39.4 Å². The van der Waals surface area contributed by atoms with Crippen molar-refractivity contribution >= 4 is 28.5 Å². The maximum absolute atomic E-state index is 12.7. The van der Waals surface area contributed by atoms with Crippen LogP contribution in [0.25, 0.3) is 16.7 Å². The number of nitrogens with zero attached hydrogens (tertiary/aromatic N) is 3. The van der Waals surface area contributed by atoms with Crippen molar-refractivity contribution in [2.24, 2.45) is 0 Å². The SMILES string of the molecule is Cc1nn(-c2ccccc2)c2ncc(C(=O)NCCC[NH+]3CCOCC3)c(Cl)c12. The van der Waals surface area contributed by atoms with Gasteiger partial charge < -0.3 is 15.0 Å². The average Bonchev–Trinajstić information content (AvgIpc) is 3.10. The van der Waals surface area contributed by atoms with E-state index in [4.69, 9.17) is 16.3 Å². The van der Waals surface area contributed by atoms with Gasteiger partial charge in [0, 0.05) is 19.2 Å². The Morgan fingerprint density at radius 1 is 1.28 bits per heavy atom. The zero-order chi connectivity index (χ0) is 20.2. The summed E-state index contributed by atoms with van der Waals surface area (Å²) in [6.45, 7) is 7.22. The van der Waals surface area contributed by atoms with Crippen LogP contribution >= 0.6 is 11.6 Å². The molecule has 0 saturated carbocycles. The number of para-hydroxylation sites is 1. The minimum atomic E-state index is -0.201. The number of fused-ring (bicyclic) bond motifs is 1. The van der Waals surface area contributed by atoms with Crippen LogP contribution in [-0.2, 0) is 4.74 Å². The quantitative estimate of drug-likeness (QED) is 0.598. The molecule has 1 fully saturated rings. The summed E-state index contributed by atoms with van der Waals surface area (Å²) in [6, 6.07) is 9.75. The second-order valence-corrected chi connectivity index (χ2v) is 7.62. The van der Waals surface area contributed by atoms with Gasteiger partial charge in [-0.05, 0) is 19.1 Å². The molecule has 0 spiro atoms. The Balaban J connectivity index is 1.47. The number of rotatable bonds is 6. The zero-order valence-corrected chi connectivity index (χ0v) is 17.2. The zero-order valence-electron chi connectivity index (χ0n) is 16.4. The Morgan fingerprint density at radius 2 is 2.03 bits per heavy atom. The molecule has 7 nitrogen and oxygen atoms in total. The second-order valence-electron chi connectivity index (χ2n) is 7.24. The summed E-state index contributed by atoms with van der Waals surface area (Å²) in [5.41, 5.74) is 2.67. The molecular formula is C21H25ClN5O2+. The number of hydrogen-bond donors (Lipinski definition) is 2. The van der Waals surface area contributed by atoms with Gasteiger partial charge in [-0.15, -0.1) is 0 Å². The molecule has 2 N–H and O–H groups in total. The minimum absolute atomic E-state index is 0.201. The van der Waals surface area contributed by atoms with Crippen LogP contribution in [0, 0.1) is 6.92 Å². The van der Waals surface area contributed by atoms with Crippen LogP contribution in [-0.4, -0.2) is 60.1 Å². The average molecular weight is 415 g/mol. The maximum Gasteiger partial charge on any atom is 0.254 e. The Hall–Kier alpha value is -2.48. The molecule has 0 bridgehead atoms. The molecule has 0 aliphatic carbocycles. The number of aromatic nitrogens is 3. The van der Waals surface area contributed by atoms with E-state index >= 15 is 0 Å². The molecule has 1 amide bonds. The van der Waals surface area contributed by atoms with Crippen LogP contribution in [0.1, 0.15) is 22.5 Å². The first-order chi connectivity index (χ1) is 14.1. The van der Waals surface area contributed by atoms with E-state index < -0.39 is 0 Å². The number of halogens is 1. The molecule has 0 unspecified atom stereocenters. The lowest BCUT2D eigenvalue weighted by molar-refractivity contribution is -0.908. The fourth-order valence-electron chi connectivity index (χ4n) is 3.66. The predicted octanol–water partition coefficient (Wildman–Crippen LogP) is 1.42. The minimum Gasteiger partial charge on any atom is -0.370 e. The molecule has 29 heavy (non-hydrogen) atoms. The largest absolute Gasteiger partial charge is 0.370 e. The standard InChI is InChI=1S/C21H24ClN5O2/c1-15-18-19(22)17(21(28)23-8-5-9-26-10-12-29-13-11-26)14-24-20(18)27(25-15)16-6-3-2-4-7-16/h2-4,6-7,14H,5,8-13H2,1H3,(H,23,28)/p+1. The Bertz CT molecular complexity index is 999. The summed E-state index contributed by atoms with van der Waals surface area (Å²) in [6.07, 6.45) is 2.45. The molecule has 0 atom stereocenters. The summed E-state index contributed by atoms with van der Waals surface area (Å²) in [5, 5.41) is 8.64. The molecule has 0 radical (unpaired) electrons. The summed E-state index contributed by atoms with van der Waals surface area (Å²) in [4.78, 5) is 18.7. The van der Waals surface area contributed by atoms with Crippen LogP contribution in [0.2, 0.25) is 5.02 Å². The van der Waals surface area contributed by atoms with Gasteiger partial charge in [0.1, 0.15) is 13.1 Å². The topological polar surface area (TPSA) is 73.5 Å². The number of morpholine rings is 1. The van der Waals surface area contributed by atoms with E-state index in [-0.39, 0.29) is 5.91 Å². The number of ether oxygens (including phenoxy) is 1. The highest BCUT2D eigenvalue weighted by atomic mass is 35.5. The molecule has 1 aliphatic heterocycles. The van der Waals surface area contributed by atoms with Gasteiger partial charge in [0.25, 0.3) is 5.91 Å². The van der Waals surface area contributed by atoms with Crippen molar-refractivity contribution in [3.8, 4) is 5.69 Å². The van der Waals surface area contributed by atoms with Crippen molar-refractivity contribution in [1.82, 2.24) is 20.1 Å². The highest BCUT2D eigenvalue weighted by Gasteiger charge is 2.20. The predicted molar refractivity (Wildman–Crippen MR) is 112 cm³/mol. The third-order valence-corrected chi connectivity index (χ3v) is 5.64. The molecule has 1 aromatic carbocycles. The maximum atomic E-state index is 12.7. The highest BCUT2D eigenvalue weighted by molar-refractivity contribution is 6.38. The van der Waals surface area contributed by atoms with E-state index in [9.17, 15) is 4.79 Å². The van der Waals surface area contributed by atoms with Gasteiger partial charge in [-0.25, -0.2) is 9.67 Å². The Labute approximate surface area is 174 Å². The number of benzene rings is 1. The summed E-state index contributed by atoms with van der Waals surface area (Å²) >= 11 is 6.60. The fourth-order valence-corrected chi connectivity index (χ4v) is 4.02. The number of quaternary nitrogens is 1. The van der Waals surface area contributed by atoms with E-state index in [1.807, 2.05) is 37.3 Å². The molecule has 152 valence electrons. The molecule has 1 saturated heterocycles. The fraction of sp³-hybridized carbons (Fsp3) is 0.381. The Morgan fingerprint density at radius 3 is 2.79 bits per heavy atom. The molecule has 8 heteroatoms. The number of pyridine rings is 1. The number of carbonyl (C=O) groups excluding carboxylic acids is 1. The molecule has 1 aliphatic rings. The van der Waals surface area contributed by atoms with Crippen molar-refractivity contribution in [3.05, 3.63) is 52.8 Å². The van der Waals surface area contributed by atoms with Crippen molar-refractivity contribution in [1.29, 1.82) is 0 Å². The molecular weight excluding hydrogens is 390 g/mol. The lowest BCUT2D eigenvalue weighted by Gasteiger charge is -2.23. The lowest BCUT2D eigenvalue weighted by atomic mass is 10.2. The number of nitrogens with one attached hydrogen (secondary N) is 2. The highest BCUT2D eigenvalue weighted by Crippen LogP contribution is 2.29. The van der Waals surface area contributed by atoms with Crippen molar-refractivity contribution < 1.29 is 14.4 Å². The molecule has 3 heterocycles. The van der Waals surface area contributed by atoms with E-state index in [1.54, 1.807) is 4.68 Å². The normalized spacial score (nSPS) is 15.0. The van der Waals surface area contributed by atoms with Crippen LogP contribution in [0.3, 0.4) is 0 Å². The summed E-state index contributed by atoms with van der Waals surface area (Å²) < 4.78 is 7.12. The first kappa shape index (κ1) is 19.8. The third-order valence-electron chi connectivity index (χ3n) is 5.25. The van der Waals surface area contributed by atoms with Crippen molar-refractivity contribution in [2.45, 2.75) is 13.3 Å². The van der Waals surface area contributed by atoms with Gasteiger partial charge in [-0.3, -0.25) is 4.79 Å². The van der Waals surface area contributed by atoms with E-state index in [0.717, 1.165) is 50.7 Å². The van der Waals surface area contributed by atoms with Crippen molar-refractivity contribution in [3.63, 3.8) is 0 Å². The second kappa shape index (κ2) is 8.90.